The van der Waals surface area contributed by atoms with Crippen LogP contribution in [0, 0.1) is 74.9 Å². The molecule has 12 aliphatic carbocycles. The van der Waals surface area contributed by atoms with Gasteiger partial charge in [-0.2, -0.15) is 0 Å². The van der Waals surface area contributed by atoms with E-state index in [1.165, 1.54) is 44.9 Å². The van der Waals surface area contributed by atoms with Crippen LogP contribution in [0.2, 0.25) is 0 Å². The van der Waals surface area contributed by atoms with Crippen LogP contribution in [-0.4, -0.2) is 177 Å². The lowest BCUT2D eigenvalue weighted by molar-refractivity contribution is -0.143. The number of nitrogens with one attached hydrogen (secondary N) is 1. The number of Topliss-reactive ketones (excluding diaryl/α,β-unsaturated/α-hetero) is 2. The molecule has 13 fully saturated rings. The van der Waals surface area contributed by atoms with Crippen LogP contribution in [-0.2, 0) is 47.7 Å². The molecule has 3 amide bonds. The van der Waals surface area contributed by atoms with Crippen molar-refractivity contribution >= 4 is 53.4 Å². The number of hydrogen-bond acceptors (Lipinski definition) is 14. The van der Waals surface area contributed by atoms with Gasteiger partial charge in [0.25, 0.3) is 0 Å². The first-order valence-corrected chi connectivity index (χ1v) is 34.0. The van der Waals surface area contributed by atoms with Crippen molar-refractivity contribution in [1.82, 2.24) is 20.0 Å². The summed E-state index contributed by atoms with van der Waals surface area (Å²) in [5, 5.41) is 25.5. The molecular formula is C68H101ClN6O12. The zero-order valence-electron chi connectivity index (χ0n) is 51.7. The van der Waals surface area contributed by atoms with Gasteiger partial charge in [-0.1, -0.05) is 29.8 Å². The minimum absolute atomic E-state index is 0. The Bertz CT molecular complexity index is 2650. The zero-order valence-corrected chi connectivity index (χ0v) is 52.6. The molecule has 4 spiro atoms. The number of halogens is 1. The Hall–Kier alpha value is -4.04. The van der Waals surface area contributed by atoms with Gasteiger partial charge >= 0.3 is 5.97 Å². The molecule has 87 heavy (non-hydrogen) atoms. The fourth-order valence-corrected chi connectivity index (χ4v) is 20.7. The number of nitrogens with zero attached hydrogens (tertiary/aromatic N) is 4. The van der Waals surface area contributed by atoms with E-state index in [4.69, 9.17) is 29.8 Å². The highest BCUT2D eigenvalue weighted by molar-refractivity contribution is 6.00. The molecule has 8 bridgehead atoms. The van der Waals surface area contributed by atoms with E-state index in [0.717, 1.165) is 171 Å². The summed E-state index contributed by atoms with van der Waals surface area (Å²) in [7, 11) is 0. The summed E-state index contributed by atoms with van der Waals surface area (Å²) < 4.78 is 21.0. The third-order valence-corrected chi connectivity index (χ3v) is 25.0. The molecule has 0 radical (unpaired) electrons. The predicted octanol–water partition coefficient (Wildman–Crippen LogP) is 8.12. The van der Waals surface area contributed by atoms with E-state index in [0.29, 0.717) is 143 Å². The van der Waals surface area contributed by atoms with Crippen LogP contribution >= 0.6 is 12.4 Å². The predicted molar refractivity (Wildman–Crippen MR) is 329 cm³/mol. The summed E-state index contributed by atoms with van der Waals surface area (Å²) in [4.78, 5) is 80.2. The third kappa shape index (κ3) is 12.6. The second-order valence-electron chi connectivity index (χ2n) is 28.9. The Morgan fingerprint density at radius 3 is 1.45 bits per heavy atom. The number of fused-ring (bicyclic) bond motifs is 12. The fraction of sp³-hybridized carbons (Fsp3) is 0.809. The van der Waals surface area contributed by atoms with Gasteiger partial charge in [-0.05, 0) is 189 Å². The second-order valence-corrected chi connectivity index (χ2v) is 28.9. The second kappa shape index (κ2) is 27.8. The number of carbonyl (C=O) groups excluding carboxylic acids is 5. The Balaban J connectivity index is 0.000000116. The number of morpholine rings is 4. The number of carbonyl (C=O) groups is 6. The number of carboxylic acids is 1. The summed E-state index contributed by atoms with van der Waals surface area (Å²) in [5.74, 6) is 5.08. The number of ether oxygens (including phenoxy) is 4. The normalized spacial score (nSPS) is 39.9. The van der Waals surface area contributed by atoms with Gasteiger partial charge in [0, 0.05) is 115 Å². The lowest BCUT2D eigenvalue weighted by Gasteiger charge is -2.48. The molecule has 5 N–H and O–H groups in total. The molecule has 9 saturated carbocycles. The van der Waals surface area contributed by atoms with E-state index in [-0.39, 0.29) is 52.3 Å². The van der Waals surface area contributed by atoms with E-state index >= 15 is 0 Å². The summed E-state index contributed by atoms with van der Waals surface area (Å²) in [6.07, 6.45) is 32.1. The van der Waals surface area contributed by atoms with E-state index in [2.05, 4.69) is 22.6 Å². The van der Waals surface area contributed by atoms with Gasteiger partial charge in [-0.3, -0.25) is 24.0 Å². The van der Waals surface area contributed by atoms with Gasteiger partial charge in [-0.15, -0.1) is 12.4 Å². The standard InChI is InChI=1S/C17H24N2O3.C17H28N2O2.C17H23NO3.C13H16O3.C4H9NO.ClH/c20-16(19-6-8-22-9-7-19)13-2-1-5-17(11-13)14-4-3-12(10-14)15(17)18-21;18-15-12-3-4-14(10-12)17(15)5-1-2-13(11-17)16(20)19-6-8-21-9-7-19;19-15-12-3-4-14(10-12)17(15)5-1-2-13(11-17)16(20)18-6-8-21-9-7-18;14-11-8-3-4-10(6-8)13(11)5-1-2-9(7-13)12(15)16;1-3-6-4-2-5-1;/h2,12,14,21H,1,3-11H2;12-15H,1-11,18H2;2,12,14H,1,3-11H2;2,8,10H,1,3-7H2,(H,15,16);5H,1-4H2;1H/b18-15-;;;;;/t12-,14+,17?;12-,13?,14+,15-,17?;12-,14+,17?;8-,10+,13?;;/m1111../s1. The Labute approximate surface area is 521 Å². The number of hydrogen-bond donors (Lipinski definition) is 4. The Morgan fingerprint density at radius 1 is 0.540 bits per heavy atom. The number of allylic oxidation sites excluding steroid dienone is 3. The van der Waals surface area contributed by atoms with Crippen molar-refractivity contribution in [3.63, 3.8) is 0 Å². The minimum atomic E-state index is -0.838. The van der Waals surface area contributed by atoms with Crippen molar-refractivity contribution < 1.29 is 58.0 Å². The van der Waals surface area contributed by atoms with E-state index in [1.54, 1.807) is 6.08 Å². The maximum atomic E-state index is 12.8. The summed E-state index contributed by atoms with van der Waals surface area (Å²) >= 11 is 0. The third-order valence-electron chi connectivity index (χ3n) is 25.0. The maximum Gasteiger partial charge on any atom is 0.331 e. The first kappa shape index (κ1) is 64.5. The summed E-state index contributed by atoms with van der Waals surface area (Å²) in [6.45, 7) is 12.1. The molecule has 19 heteroatoms. The summed E-state index contributed by atoms with van der Waals surface area (Å²) in [6, 6.07) is 0.358. The number of amides is 3. The van der Waals surface area contributed by atoms with Crippen molar-refractivity contribution in [3.05, 3.63) is 34.9 Å². The quantitative estimate of drug-likeness (QED) is 0.154. The zero-order chi connectivity index (χ0) is 59.6. The van der Waals surface area contributed by atoms with Crippen molar-refractivity contribution in [2.24, 2.45) is 85.8 Å². The maximum absolute atomic E-state index is 12.8. The van der Waals surface area contributed by atoms with Crippen LogP contribution in [0.3, 0.4) is 0 Å². The monoisotopic (exact) mass is 1230 g/mol. The van der Waals surface area contributed by atoms with Gasteiger partial charge in [0.2, 0.25) is 17.7 Å². The van der Waals surface area contributed by atoms with Crippen LogP contribution in [0.1, 0.15) is 161 Å². The van der Waals surface area contributed by atoms with Crippen molar-refractivity contribution in [1.29, 1.82) is 0 Å². The lowest BCUT2D eigenvalue weighted by atomic mass is 9.59. The number of carboxylic acid groups (broad SMARTS) is 1. The number of oxime groups is 1. The number of aliphatic carboxylic acids is 1. The van der Waals surface area contributed by atoms with Gasteiger partial charge in [0.1, 0.15) is 11.6 Å². The molecule has 0 aromatic heterocycles. The summed E-state index contributed by atoms with van der Waals surface area (Å²) in [5.41, 5.74) is 9.69. The molecular weight excluding hydrogens is 1130 g/mol. The topological polar surface area (TPSA) is 240 Å². The van der Waals surface area contributed by atoms with Crippen LogP contribution in [0.15, 0.2) is 40.1 Å². The number of ketones is 2. The molecule has 4 heterocycles. The number of rotatable bonds is 4. The number of nitrogens with two attached hydrogens (primary N) is 1. The molecule has 18 nitrogen and oxygen atoms in total. The van der Waals surface area contributed by atoms with Crippen LogP contribution in [0.5, 0.6) is 0 Å². The molecule has 4 aliphatic heterocycles. The average molecular weight is 1230 g/mol. The Kier molecular flexibility index (Phi) is 20.6. The highest BCUT2D eigenvalue weighted by Crippen LogP contribution is 2.64. The molecule has 0 aromatic rings. The lowest BCUT2D eigenvalue weighted by Crippen LogP contribution is -2.52. The highest BCUT2D eigenvalue weighted by atomic mass is 35.5. The van der Waals surface area contributed by atoms with Gasteiger partial charge in [0.05, 0.1) is 58.6 Å². The molecule has 5 unspecified atom stereocenters. The van der Waals surface area contributed by atoms with Crippen LogP contribution < -0.4 is 11.1 Å². The molecule has 0 aromatic carbocycles. The Morgan fingerprint density at radius 2 is 0.989 bits per heavy atom. The van der Waals surface area contributed by atoms with Gasteiger partial charge < -0.3 is 55.0 Å². The minimum Gasteiger partial charge on any atom is -0.478 e. The molecule has 482 valence electrons. The smallest absolute Gasteiger partial charge is 0.331 e. The fourth-order valence-electron chi connectivity index (χ4n) is 20.7. The first-order chi connectivity index (χ1) is 41.8. The van der Waals surface area contributed by atoms with Gasteiger partial charge in [-0.25, -0.2) is 4.79 Å². The molecule has 16 aliphatic rings. The van der Waals surface area contributed by atoms with Crippen LogP contribution in [0.4, 0.5) is 0 Å². The van der Waals surface area contributed by atoms with Gasteiger partial charge in [0.15, 0.2) is 0 Å². The highest BCUT2D eigenvalue weighted by Gasteiger charge is 2.62. The van der Waals surface area contributed by atoms with Crippen LogP contribution in [0.25, 0.3) is 0 Å². The molecule has 14 atom stereocenters. The van der Waals surface area contributed by atoms with E-state index in [1.807, 2.05) is 14.7 Å². The largest absolute Gasteiger partial charge is 0.478 e. The molecule has 4 saturated heterocycles. The average Bonchev–Trinajstić information content (AvgIpc) is 1.70. The molecule has 16 rings (SSSR count). The van der Waals surface area contributed by atoms with E-state index in [9.17, 15) is 34.0 Å². The van der Waals surface area contributed by atoms with Crippen molar-refractivity contribution in [2.75, 3.05) is 105 Å². The van der Waals surface area contributed by atoms with Crippen molar-refractivity contribution in [3.8, 4) is 0 Å². The van der Waals surface area contributed by atoms with Crippen molar-refractivity contribution in [2.45, 2.75) is 167 Å². The first-order valence-electron chi connectivity index (χ1n) is 34.0. The van der Waals surface area contributed by atoms with E-state index < -0.39 is 5.97 Å². The SMILES string of the molecule is C1COCCN1.Cl.N[C@@H]1[C@@H]2CC[C@@H](C2)C12CCCC(C(=O)N1CCOCC1)C2.O=C(C1=CCCC2(C1)/C(=N\O)[C@@H]1CC[C@H]2C1)N1CCOCC1.O=C(C1=CCCC2(C1)C(=O)[C@@H]1CC[C@H]2C1)N1CCOCC1.O=C(O)C1=CCCC2(C1)C(=O)[C@@H]1CC[C@H]2C1.